The van der Waals surface area contributed by atoms with Crippen LogP contribution in [0.5, 0.6) is 0 Å². The summed E-state index contributed by atoms with van der Waals surface area (Å²) in [5.41, 5.74) is 10.5. The summed E-state index contributed by atoms with van der Waals surface area (Å²) in [6.45, 7) is 2.84. The van der Waals surface area contributed by atoms with E-state index in [1.54, 1.807) is 17.0 Å². The molecule has 3 rings (SSSR count). The highest BCUT2D eigenvalue weighted by Gasteiger charge is 2.25. The summed E-state index contributed by atoms with van der Waals surface area (Å²) in [5.74, 6) is -0.566. The van der Waals surface area contributed by atoms with E-state index < -0.39 is 5.91 Å². The molecule has 1 amide bonds. The number of fused-ring (bicyclic) bond motifs is 1. The summed E-state index contributed by atoms with van der Waals surface area (Å²) in [6.07, 6.45) is 2.14. The van der Waals surface area contributed by atoms with E-state index in [0.717, 1.165) is 22.3 Å². The number of nitrogens with zero attached hydrogens (tertiary/aromatic N) is 3. The summed E-state index contributed by atoms with van der Waals surface area (Å²) in [4.78, 5) is 13.5. The van der Waals surface area contributed by atoms with Crippen LogP contribution in [0, 0.1) is 29.7 Å². The lowest BCUT2D eigenvalue weighted by atomic mass is 9.88. The van der Waals surface area contributed by atoms with Gasteiger partial charge in [0.15, 0.2) is 6.19 Å². The lowest BCUT2D eigenvalue weighted by Crippen LogP contribution is -2.14. The predicted molar refractivity (Wildman–Crippen MR) is 84.7 cm³/mol. The van der Waals surface area contributed by atoms with Gasteiger partial charge in [-0.15, -0.1) is 0 Å². The van der Waals surface area contributed by atoms with Gasteiger partial charge >= 0.3 is 0 Å². The monoisotopic (exact) mass is 302 g/mol. The van der Waals surface area contributed by atoms with Crippen molar-refractivity contribution < 1.29 is 4.79 Å². The molecule has 0 spiro atoms. The van der Waals surface area contributed by atoms with Crippen molar-refractivity contribution in [3.8, 4) is 23.4 Å². The van der Waals surface area contributed by atoms with E-state index in [0.29, 0.717) is 29.8 Å². The quantitative estimate of drug-likeness (QED) is 0.862. The second kappa shape index (κ2) is 5.47. The fraction of sp³-hybridized carbons (Fsp3) is 0.167. The maximum atomic E-state index is 11.8. The number of nitriles is 2. The molecular weight excluding hydrogens is 288 g/mol. The first kappa shape index (κ1) is 14.6. The van der Waals surface area contributed by atoms with Gasteiger partial charge in [-0.25, -0.2) is 0 Å². The van der Waals surface area contributed by atoms with Crippen molar-refractivity contribution in [2.45, 2.75) is 20.0 Å². The minimum absolute atomic E-state index is 0.330. The van der Waals surface area contributed by atoms with E-state index >= 15 is 0 Å². The molecule has 2 N–H and O–H groups in total. The topological polar surface area (TPSA) is 93.9 Å². The molecule has 2 aromatic carbocycles. The van der Waals surface area contributed by atoms with Gasteiger partial charge in [0.2, 0.25) is 5.91 Å². The number of benzene rings is 2. The SMILES string of the molecule is Cc1ccc(C(N)=O)c(-c2cccc3c2CN(C#N)C3)c1C#N. The van der Waals surface area contributed by atoms with Crippen LogP contribution >= 0.6 is 0 Å². The number of rotatable bonds is 2. The lowest BCUT2D eigenvalue weighted by Gasteiger charge is -2.15. The van der Waals surface area contributed by atoms with Crippen LogP contribution < -0.4 is 5.73 Å². The Kier molecular flexibility index (Phi) is 3.48. The molecule has 112 valence electrons. The zero-order chi connectivity index (χ0) is 16.6. The standard InChI is InChI=1S/C18H14N4O/c1-11-5-6-14(18(21)23)17(15(11)7-19)13-4-2-3-12-8-22(10-20)9-16(12)13/h2-6H,8-9H2,1H3,(H2,21,23). The van der Waals surface area contributed by atoms with Gasteiger partial charge in [-0.05, 0) is 35.2 Å². The molecular formula is C18H14N4O. The molecule has 23 heavy (non-hydrogen) atoms. The summed E-state index contributed by atoms with van der Waals surface area (Å²) >= 11 is 0. The fourth-order valence-corrected chi connectivity index (χ4v) is 3.06. The van der Waals surface area contributed by atoms with Crippen LogP contribution in [0.4, 0.5) is 0 Å². The number of amides is 1. The Morgan fingerprint density at radius 3 is 2.65 bits per heavy atom. The number of hydrogen-bond donors (Lipinski definition) is 1. The Morgan fingerprint density at radius 1 is 1.22 bits per heavy atom. The molecule has 0 fully saturated rings. The van der Waals surface area contributed by atoms with Crippen LogP contribution in [0.1, 0.15) is 32.6 Å². The summed E-state index contributed by atoms with van der Waals surface area (Å²) in [5, 5.41) is 18.7. The molecule has 1 aliphatic heterocycles. The zero-order valence-electron chi connectivity index (χ0n) is 12.6. The molecule has 0 bridgehead atoms. The molecule has 1 aliphatic rings. The van der Waals surface area contributed by atoms with E-state index in [9.17, 15) is 10.1 Å². The Bertz CT molecular complexity index is 902. The van der Waals surface area contributed by atoms with Crippen LogP contribution in [-0.4, -0.2) is 10.8 Å². The molecule has 0 atom stereocenters. The van der Waals surface area contributed by atoms with Crippen LogP contribution in [0.25, 0.3) is 11.1 Å². The molecule has 0 aliphatic carbocycles. The van der Waals surface area contributed by atoms with E-state index in [4.69, 9.17) is 11.0 Å². The molecule has 2 aromatic rings. The highest BCUT2D eigenvalue weighted by Crippen LogP contribution is 2.36. The Hall–Kier alpha value is -3.31. The number of primary amides is 1. The molecule has 0 saturated carbocycles. The van der Waals surface area contributed by atoms with Crippen molar-refractivity contribution in [1.82, 2.24) is 4.90 Å². The number of carbonyl (C=O) groups excluding carboxylic acids is 1. The third-order valence-corrected chi connectivity index (χ3v) is 4.18. The Balaban J connectivity index is 2.32. The van der Waals surface area contributed by atoms with E-state index in [1.807, 2.05) is 25.1 Å². The first-order valence-corrected chi connectivity index (χ1v) is 7.16. The summed E-state index contributed by atoms with van der Waals surface area (Å²) in [6, 6.07) is 11.3. The summed E-state index contributed by atoms with van der Waals surface area (Å²) < 4.78 is 0. The normalized spacial score (nSPS) is 12.4. The van der Waals surface area contributed by atoms with Crippen molar-refractivity contribution in [2.75, 3.05) is 0 Å². The van der Waals surface area contributed by atoms with Crippen molar-refractivity contribution >= 4 is 5.91 Å². The van der Waals surface area contributed by atoms with Crippen LogP contribution in [0.15, 0.2) is 30.3 Å². The molecule has 5 nitrogen and oxygen atoms in total. The molecule has 0 saturated heterocycles. The van der Waals surface area contributed by atoms with Gasteiger partial charge in [0.1, 0.15) is 6.07 Å². The Morgan fingerprint density at radius 2 is 2.00 bits per heavy atom. The third-order valence-electron chi connectivity index (χ3n) is 4.18. The molecule has 0 unspecified atom stereocenters. The van der Waals surface area contributed by atoms with Gasteiger partial charge in [0.25, 0.3) is 0 Å². The second-order valence-electron chi connectivity index (χ2n) is 5.56. The minimum atomic E-state index is -0.566. The zero-order valence-corrected chi connectivity index (χ0v) is 12.6. The van der Waals surface area contributed by atoms with Crippen molar-refractivity contribution in [1.29, 1.82) is 10.5 Å². The van der Waals surface area contributed by atoms with E-state index in [-0.39, 0.29) is 0 Å². The highest BCUT2D eigenvalue weighted by atomic mass is 16.1. The molecule has 5 heteroatoms. The van der Waals surface area contributed by atoms with E-state index in [1.165, 1.54) is 0 Å². The van der Waals surface area contributed by atoms with Crippen molar-refractivity contribution in [3.05, 3.63) is 58.1 Å². The van der Waals surface area contributed by atoms with Crippen molar-refractivity contribution in [3.63, 3.8) is 0 Å². The molecule has 0 radical (unpaired) electrons. The van der Waals surface area contributed by atoms with Gasteiger partial charge < -0.3 is 10.6 Å². The highest BCUT2D eigenvalue weighted by molar-refractivity contribution is 6.02. The number of carbonyl (C=O) groups is 1. The predicted octanol–water partition coefficient (Wildman–Crippen LogP) is 2.43. The largest absolute Gasteiger partial charge is 0.366 e. The first-order valence-electron chi connectivity index (χ1n) is 7.16. The number of aryl methyl sites for hydroxylation is 1. The van der Waals surface area contributed by atoms with Crippen LogP contribution in [0.3, 0.4) is 0 Å². The lowest BCUT2D eigenvalue weighted by molar-refractivity contribution is 0.100. The van der Waals surface area contributed by atoms with Gasteiger partial charge in [-0.1, -0.05) is 24.3 Å². The average molecular weight is 302 g/mol. The molecule has 0 aromatic heterocycles. The van der Waals surface area contributed by atoms with Crippen molar-refractivity contribution in [2.24, 2.45) is 5.73 Å². The third kappa shape index (κ3) is 2.29. The Labute approximate surface area is 134 Å². The minimum Gasteiger partial charge on any atom is -0.366 e. The van der Waals surface area contributed by atoms with E-state index in [2.05, 4.69) is 12.3 Å². The van der Waals surface area contributed by atoms with Gasteiger partial charge in [0, 0.05) is 11.1 Å². The second-order valence-corrected chi connectivity index (χ2v) is 5.56. The maximum Gasteiger partial charge on any atom is 0.249 e. The van der Waals surface area contributed by atoms with Gasteiger partial charge in [-0.2, -0.15) is 10.5 Å². The smallest absolute Gasteiger partial charge is 0.249 e. The fourth-order valence-electron chi connectivity index (χ4n) is 3.06. The van der Waals surface area contributed by atoms with Gasteiger partial charge in [0.05, 0.1) is 18.7 Å². The van der Waals surface area contributed by atoms with Gasteiger partial charge in [-0.3, -0.25) is 4.79 Å². The summed E-state index contributed by atoms with van der Waals surface area (Å²) in [7, 11) is 0. The number of nitrogens with two attached hydrogens (primary N) is 1. The first-order chi connectivity index (χ1) is 11.1. The average Bonchev–Trinajstić information content (AvgIpc) is 2.97. The molecule has 1 heterocycles. The number of hydrogen-bond acceptors (Lipinski definition) is 4. The maximum absolute atomic E-state index is 11.8. The van der Waals surface area contributed by atoms with Crippen LogP contribution in [-0.2, 0) is 13.1 Å². The van der Waals surface area contributed by atoms with Crippen LogP contribution in [0.2, 0.25) is 0 Å².